The Morgan fingerprint density at radius 3 is 2.50 bits per heavy atom. The Kier molecular flexibility index (Phi) is 3.67. The number of fused-ring (bicyclic) bond motifs is 1. The number of ketones is 1. The van der Waals surface area contributed by atoms with Gasteiger partial charge in [0.2, 0.25) is 0 Å². The van der Waals surface area contributed by atoms with Crippen molar-refractivity contribution in [3.8, 4) is 16.9 Å². The summed E-state index contributed by atoms with van der Waals surface area (Å²) in [6.45, 7) is 3.57. The average molecular weight is 295 g/mol. The largest absolute Gasteiger partial charge is 0.479 e. The summed E-state index contributed by atoms with van der Waals surface area (Å²) in [5.41, 5.74) is 3.35. The van der Waals surface area contributed by atoms with Crippen molar-refractivity contribution >= 4 is 17.4 Å². The molecule has 1 atom stereocenters. The first-order valence-corrected chi connectivity index (χ1v) is 7.33. The van der Waals surface area contributed by atoms with Gasteiger partial charge >= 0.3 is 0 Å². The lowest BCUT2D eigenvalue weighted by atomic mass is 10.0. The van der Waals surface area contributed by atoms with Crippen LogP contribution < -0.4 is 10.1 Å². The van der Waals surface area contributed by atoms with Gasteiger partial charge in [0.25, 0.3) is 5.91 Å². The predicted molar refractivity (Wildman–Crippen MR) is 85.2 cm³/mol. The highest BCUT2D eigenvalue weighted by Gasteiger charge is 2.23. The molecule has 2 aromatic rings. The maximum absolute atomic E-state index is 11.7. The third-order valence-corrected chi connectivity index (χ3v) is 3.77. The van der Waals surface area contributed by atoms with E-state index in [0.717, 1.165) is 16.7 Å². The van der Waals surface area contributed by atoms with Crippen molar-refractivity contribution in [1.82, 2.24) is 0 Å². The molecule has 0 bridgehead atoms. The van der Waals surface area contributed by atoms with Gasteiger partial charge in [-0.2, -0.15) is 0 Å². The van der Waals surface area contributed by atoms with Gasteiger partial charge in [-0.1, -0.05) is 37.3 Å². The number of benzene rings is 2. The van der Waals surface area contributed by atoms with Crippen LogP contribution in [0.15, 0.2) is 42.5 Å². The molecule has 0 aliphatic carbocycles. The number of Topliss-reactive ketones (excluding diaryl/α,β-unsaturated/α-hetero) is 1. The molecule has 2 aromatic carbocycles. The number of anilines is 1. The summed E-state index contributed by atoms with van der Waals surface area (Å²) >= 11 is 0. The third kappa shape index (κ3) is 2.60. The Hall–Kier alpha value is -2.62. The van der Waals surface area contributed by atoms with Crippen LogP contribution in [0.25, 0.3) is 11.1 Å². The van der Waals surface area contributed by atoms with Crippen molar-refractivity contribution in [2.24, 2.45) is 0 Å². The zero-order chi connectivity index (χ0) is 15.7. The molecule has 1 N–H and O–H groups in total. The summed E-state index contributed by atoms with van der Waals surface area (Å²) in [6, 6.07) is 13.2. The fourth-order valence-electron chi connectivity index (χ4n) is 2.44. The minimum atomic E-state index is -0.474. The topological polar surface area (TPSA) is 55.4 Å². The summed E-state index contributed by atoms with van der Waals surface area (Å²) in [6.07, 6.45) is 0.0254. The highest BCUT2D eigenvalue weighted by molar-refractivity contribution is 5.98. The normalized spacial score (nSPS) is 16.5. The lowest BCUT2D eigenvalue weighted by molar-refractivity contribution is -0.122. The van der Waals surface area contributed by atoms with E-state index in [0.29, 0.717) is 17.9 Å². The molecular weight excluding hydrogens is 278 g/mol. The van der Waals surface area contributed by atoms with Crippen molar-refractivity contribution in [2.75, 3.05) is 5.32 Å². The number of ether oxygens (including phenoxy) is 1. The lowest BCUT2D eigenvalue weighted by Gasteiger charge is -2.23. The lowest BCUT2D eigenvalue weighted by Crippen LogP contribution is -2.34. The zero-order valence-electron chi connectivity index (χ0n) is 12.6. The third-order valence-electron chi connectivity index (χ3n) is 3.77. The fourth-order valence-corrected chi connectivity index (χ4v) is 2.44. The van der Waals surface area contributed by atoms with Crippen LogP contribution in [-0.4, -0.2) is 17.8 Å². The summed E-state index contributed by atoms with van der Waals surface area (Å²) in [7, 11) is 0. The molecule has 1 aliphatic rings. The van der Waals surface area contributed by atoms with Gasteiger partial charge in [0.15, 0.2) is 11.9 Å². The number of carbonyl (C=O) groups is 2. The van der Waals surface area contributed by atoms with Crippen molar-refractivity contribution in [2.45, 2.75) is 26.4 Å². The first-order valence-electron chi connectivity index (χ1n) is 7.33. The van der Waals surface area contributed by atoms with Crippen LogP contribution in [0.5, 0.6) is 5.75 Å². The Balaban J connectivity index is 1.91. The molecule has 1 amide bonds. The molecule has 0 fully saturated rings. The number of carbonyl (C=O) groups excluding carboxylic acids is 2. The molecule has 1 heterocycles. The van der Waals surface area contributed by atoms with Crippen molar-refractivity contribution in [1.29, 1.82) is 0 Å². The number of nitrogens with one attached hydrogen (secondary N) is 1. The first kappa shape index (κ1) is 14.3. The van der Waals surface area contributed by atoms with E-state index in [1.165, 1.54) is 0 Å². The predicted octanol–water partition coefficient (Wildman–Crippen LogP) is 3.67. The second-order valence-corrected chi connectivity index (χ2v) is 5.31. The molecule has 4 heteroatoms. The number of hydrogen-bond acceptors (Lipinski definition) is 3. The van der Waals surface area contributed by atoms with Crippen LogP contribution >= 0.6 is 0 Å². The first-order chi connectivity index (χ1) is 10.6. The van der Waals surface area contributed by atoms with E-state index in [2.05, 4.69) is 5.32 Å². The van der Waals surface area contributed by atoms with E-state index in [1.807, 2.05) is 49.4 Å². The van der Waals surface area contributed by atoms with Gasteiger partial charge < -0.3 is 10.1 Å². The molecule has 1 unspecified atom stereocenters. The Morgan fingerprint density at radius 1 is 1.14 bits per heavy atom. The van der Waals surface area contributed by atoms with Crippen LogP contribution in [0.1, 0.15) is 30.6 Å². The SMILES string of the molecule is CCC(=O)c1ccc(-c2ccc3c(c2)NC(=O)C(C)O3)cc1. The monoisotopic (exact) mass is 295 g/mol. The number of hydrogen-bond donors (Lipinski definition) is 1. The van der Waals surface area contributed by atoms with Gasteiger partial charge in [0, 0.05) is 12.0 Å². The van der Waals surface area contributed by atoms with Gasteiger partial charge in [-0.05, 0) is 30.2 Å². The highest BCUT2D eigenvalue weighted by Crippen LogP contribution is 2.34. The standard InChI is InChI=1S/C18H17NO3/c1-3-16(20)13-6-4-12(5-7-13)14-8-9-17-15(10-14)19-18(21)11(2)22-17/h4-11H,3H2,1-2H3,(H,19,21). The average Bonchev–Trinajstić information content (AvgIpc) is 2.55. The van der Waals surface area contributed by atoms with Crippen LogP contribution in [-0.2, 0) is 4.79 Å². The van der Waals surface area contributed by atoms with E-state index in [4.69, 9.17) is 4.74 Å². The van der Waals surface area contributed by atoms with Gasteiger partial charge in [-0.25, -0.2) is 0 Å². The van der Waals surface area contributed by atoms with Gasteiger partial charge in [0.05, 0.1) is 5.69 Å². The van der Waals surface area contributed by atoms with Crippen LogP contribution in [0.3, 0.4) is 0 Å². The molecular formula is C18H17NO3. The molecule has 112 valence electrons. The van der Waals surface area contributed by atoms with Gasteiger partial charge in [-0.3, -0.25) is 9.59 Å². The summed E-state index contributed by atoms with van der Waals surface area (Å²) in [5, 5.41) is 2.84. The number of rotatable bonds is 3. The maximum Gasteiger partial charge on any atom is 0.265 e. The van der Waals surface area contributed by atoms with E-state index in [1.54, 1.807) is 6.92 Å². The zero-order valence-corrected chi connectivity index (χ0v) is 12.6. The fraction of sp³-hybridized carbons (Fsp3) is 0.222. The molecule has 4 nitrogen and oxygen atoms in total. The van der Waals surface area contributed by atoms with E-state index < -0.39 is 6.10 Å². The maximum atomic E-state index is 11.7. The summed E-state index contributed by atoms with van der Waals surface area (Å²) < 4.78 is 5.54. The van der Waals surface area contributed by atoms with E-state index in [9.17, 15) is 9.59 Å². The second-order valence-electron chi connectivity index (χ2n) is 5.31. The molecule has 0 spiro atoms. The van der Waals surface area contributed by atoms with Gasteiger partial charge in [0.1, 0.15) is 5.75 Å². The molecule has 0 aromatic heterocycles. The molecule has 0 saturated heterocycles. The smallest absolute Gasteiger partial charge is 0.265 e. The van der Waals surface area contributed by atoms with Gasteiger partial charge in [-0.15, -0.1) is 0 Å². The van der Waals surface area contributed by atoms with Crippen LogP contribution in [0, 0.1) is 0 Å². The van der Waals surface area contributed by atoms with Crippen LogP contribution in [0.2, 0.25) is 0 Å². The van der Waals surface area contributed by atoms with Crippen molar-refractivity contribution < 1.29 is 14.3 Å². The van der Waals surface area contributed by atoms with Crippen LogP contribution in [0.4, 0.5) is 5.69 Å². The molecule has 1 aliphatic heterocycles. The molecule has 0 saturated carbocycles. The number of amides is 1. The highest BCUT2D eigenvalue weighted by atomic mass is 16.5. The van der Waals surface area contributed by atoms with E-state index in [-0.39, 0.29) is 11.7 Å². The second kappa shape index (κ2) is 5.64. The summed E-state index contributed by atoms with van der Waals surface area (Å²) in [4.78, 5) is 23.3. The van der Waals surface area contributed by atoms with Crippen molar-refractivity contribution in [3.63, 3.8) is 0 Å². The Bertz CT molecular complexity index is 734. The summed E-state index contributed by atoms with van der Waals surface area (Å²) in [5.74, 6) is 0.661. The quantitative estimate of drug-likeness (QED) is 0.879. The van der Waals surface area contributed by atoms with Crippen molar-refractivity contribution in [3.05, 3.63) is 48.0 Å². The Morgan fingerprint density at radius 2 is 1.82 bits per heavy atom. The molecule has 3 rings (SSSR count). The minimum absolute atomic E-state index is 0.131. The minimum Gasteiger partial charge on any atom is -0.479 e. The molecule has 0 radical (unpaired) electrons. The Labute approximate surface area is 129 Å². The molecule has 22 heavy (non-hydrogen) atoms. The van der Waals surface area contributed by atoms with E-state index >= 15 is 0 Å².